The smallest absolute Gasteiger partial charge is 0.358 e. The third-order valence-corrected chi connectivity index (χ3v) is 4.44. The molecule has 0 aliphatic heterocycles. The van der Waals surface area contributed by atoms with Crippen LogP contribution < -0.4 is 0 Å². The summed E-state index contributed by atoms with van der Waals surface area (Å²) in [7, 11) is -3.42. The van der Waals surface area contributed by atoms with Gasteiger partial charge in [-0.2, -0.15) is 0 Å². The Balaban J connectivity index is 2.08. The maximum atomic E-state index is 12.1. The molecule has 2 rings (SSSR count). The Bertz CT molecular complexity index is 719. The second-order valence-corrected chi connectivity index (χ2v) is 6.41. The van der Waals surface area contributed by atoms with Crippen molar-refractivity contribution < 1.29 is 18.3 Å². The highest BCUT2D eigenvalue weighted by Crippen LogP contribution is 2.12. The summed E-state index contributed by atoms with van der Waals surface area (Å²) in [5, 5.41) is 15.7. The number of rotatable bonds is 5. The van der Waals surface area contributed by atoms with Crippen molar-refractivity contribution in [2.75, 3.05) is 5.75 Å². The Morgan fingerprint density at radius 2 is 1.95 bits per heavy atom. The second-order valence-electron chi connectivity index (χ2n) is 4.30. The fourth-order valence-corrected chi connectivity index (χ4v) is 2.80. The second kappa shape index (κ2) is 5.41. The molecular formula is C12H13N3O4S. The van der Waals surface area contributed by atoms with Crippen molar-refractivity contribution >= 4 is 15.8 Å². The Kier molecular flexibility index (Phi) is 3.84. The molecule has 20 heavy (non-hydrogen) atoms. The molecule has 0 atom stereocenters. The SMILES string of the molecule is Cc1ccc(S(=O)(=O)CCn2cc(C(=O)O)nn2)cc1. The first kappa shape index (κ1) is 14.2. The van der Waals surface area contributed by atoms with Gasteiger partial charge in [0.15, 0.2) is 15.5 Å². The van der Waals surface area contributed by atoms with Gasteiger partial charge in [0.1, 0.15) is 0 Å². The van der Waals surface area contributed by atoms with Crippen molar-refractivity contribution in [3.8, 4) is 0 Å². The van der Waals surface area contributed by atoms with E-state index in [4.69, 9.17) is 5.11 Å². The maximum absolute atomic E-state index is 12.1. The molecule has 0 radical (unpaired) electrons. The highest BCUT2D eigenvalue weighted by atomic mass is 32.2. The molecule has 2 aromatic rings. The maximum Gasteiger partial charge on any atom is 0.358 e. The van der Waals surface area contributed by atoms with Crippen LogP contribution in [0.1, 0.15) is 16.1 Å². The van der Waals surface area contributed by atoms with Gasteiger partial charge in [0.2, 0.25) is 0 Å². The van der Waals surface area contributed by atoms with Crippen LogP contribution >= 0.6 is 0 Å². The van der Waals surface area contributed by atoms with Gasteiger partial charge in [-0.3, -0.25) is 4.68 Å². The van der Waals surface area contributed by atoms with E-state index >= 15 is 0 Å². The molecule has 0 bridgehead atoms. The summed E-state index contributed by atoms with van der Waals surface area (Å²) in [6.45, 7) is 1.93. The summed E-state index contributed by atoms with van der Waals surface area (Å²) in [5.41, 5.74) is 0.768. The zero-order chi connectivity index (χ0) is 14.8. The molecule has 106 valence electrons. The minimum absolute atomic E-state index is 0.0521. The van der Waals surface area contributed by atoms with E-state index in [1.807, 2.05) is 6.92 Å². The molecule has 1 aromatic heterocycles. The van der Waals surface area contributed by atoms with Crippen molar-refractivity contribution in [1.82, 2.24) is 15.0 Å². The lowest BCUT2D eigenvalue weighted by atomic mass is 10.2. The van der Waals surface area contributed by atoms with Gasteiger partial charge in [-0.15, -0.1) is 5.10 Å². The molecule has 8 heteroatoms. The molecule has 1 N–H and O–H groups in total. The first-order valence-electron chi connectivity index (χ1n) is 5.81. The summed E-state index contributed by atoms with van der Waals surface area (Å²) in [6.07, 6.45) is 1.20. The predicted molar refractivity (Wildman–Crippen MR) is 70.2 cm³/mol. The minimum atomic E-state index is -3.42. The number of carbonyl (C=O) groups is 1. The molecule has 0 spiro atoms. The van der Waals surface area contributed by atoms with Gasteiger partial charge in [-0.25, -0.2) is 13.2 Å². The van der Waals surface area contributed by atoms with Crippen LogP contribution in [-0.2, 0) is 16.4 Å². The molecular weight excluding hydrogens is 282 g/mol. The van der Waals surface area contributed by atoms with E-state index in [2.05, 4.69) is 10.3 Å². The first-order chi connectivity index (χ1) is 9.38. The Hall–Kier alpha value is -2.22. The summed E-state index contributed by atoms with van der Waals surface area (Å²) in [4.78, 5) is 10.9. The largest absolute Gasteiger partial charge is 0.476 e. The number of carboxylic acids is 1. The molecule has 0 amide bonds. The fourth-order valence-electron chi connectivity index (χ4n) is 1.58. The molecule has 0 saturated heterocycles. The average Bonchev–Trinajstić information content (AvgIpc) is 2.86. The number of hydrogen-bond donors (Lipinski definition) is 1. The van der Waals surface area contributed by atoms with Gasteiger partial charge in [-0.1, -0.05) is 22.9 Å². The monoisotopic (exact) mass is 295 g/mol. The van der Waals surface area contributed by atoms with Crippen molar-refractivity contribution in [1.29, 1.82) is 0 Å². The lowest BCUT2D eigenvalue weighted by Gasteiger charge is -2.04. The van der Waals surface area contributed by atoms with Crippen molar-refractivity contribution in [2.24, 2.45) is 0 Å². The summed E-state index contributed by atoms with van der Waals surface area (Å²) in [5.74, 6) is -1.36. The van der Waals surface area contributed by atoms with E-state index in [1.165, 1.54) is 10.9 Å². The Labute approximate surface area is 115 Å². The van der Waals surface area contributed by atoms with Gasteiger partial charge in [0.05, 0.1) is 23.4 Å². The minimum Gasteiger partial charge on any atom is -0.476 e. The molecule has 0 aliphatic carbocycles. The van der Waals surface area contributed by atoms with Crippen molar-refractivity contribution in [3.05, 3.63) is 41.7 Å². The van der Waals surface area contributed by atoms with E-state index in [9.17, 15) is 13.2 Å². The van der Waals surface area contributed by atoms with Crippen LogP contribution in [0.25, 0.3) is 0 Å². The molecule has 0 fully saturated rings. The third-order valence-electron chi connectivity index (χ3n) is 2.73. The number of nitrogens with zero attached hydrogens (tertiary/aromatic N) is 3. The van der Waals surface area contributed by atoms with Gasteiger partial charge < -0.3 is 5.11 Å². The topological polar surface area (TPSA) is 102 Å². The molecule has 0 saturated carbocycles. The van der Waals surface area contributed by atoms with Gasteiger partial charge in [0.25, 0.3) is 0 Å². The Morgan fingerprint density at radius 3 is 2.50 bits per heavy atom. The third kappa shape index (κ3) is 3.21. The number of sulfone groups is 1. The number of carboxylic acid groups (broad SMARTS) is 1. The highest BCUT2D eigenvalue weighted by molar-refractivity contribution is 7.91. The lowest BCUT2D eigenvalue weighted by Crippen LogP contribution is -2.13. The average molecular weight is 295 g/mol. The molecule has 1 aromatic carbocycles. The molecule has 7 nitrogen and oxygen atoms in total. The molecule has 0 aliphatic rings. The van der Waals surface area contributed by atoms with Crippen LogP contribution in [0.4, 0.5) is 0 Å². The number of aromatic carboxylic acids is 1. The number of aromatic nitrogens is 3. The summed E-state index contributed by atoms with van der Waals surface area (Å²) < 4.78 is 25.4. The van der Waals surface area contributed by atoms with Crippen LogP contribution in [-0.4, -0.2) is 40.2 Å². The van der Waals surface area contributed by atoms with Gasteiger partial charge >= 0.3 is 5.97 Å². The van der Waals surface area contributed by atoms with E-state index in [-0.39, 0.29) is 22.9 Å². The quantitative estimate of drug-likeness (QED) is 0.873. The van der Waals surface area contributed by atoms with E-state index in [0.29, 0.717) is 0 Å². The van der Waals surface area contributed by atoms with Crippen LogP contribution in [0, 0.1) is 6.92 Å². The van der Waals surface area contributed by atoms with Crippen molar-refractivity contribution in [2.45, 2.75) is 18.4 Å². The van der Waals surface area contributed by atoms with E-state index in [0.717, 1.165) is 5.56 Å². The Morgan fingerprint density at radius 1 is 1.30 bits per heavy atom. The van der Waals surface area contributed by atoms with Crippen LogP contribution in [0.5, 0.6) is 0 Å². The molecule has 1 heterocycles. The summed E-state index contributed by atoms with van der Waals surface area (Å²) in [6, 6.07) is 6.55. The number of hydrogen-bond acceptors (Lipinski definition) is 5. The normalized spacial score (nSPS) is 11.4. The van der Waals surface area contributed by atoms with E-state index in [1.54, 1.807) is 24.3 Å². The van der Waals surface area contributed by atoms with Crippen molar-refractivity contribution in [3.63, 3.8) is 0 Å². The zero-order valence-corrected chi connectivity index (χ0v) is 11.5. The van der Waals surface area contributed by atoms with Gasteiger partial charge in [0, 0.05) is 0 Å². The predicted octanol–water partition coefficient (Wildman–Crippen LogP) is 0.759. The summed E-state index contributed by atoms with van der Waals surface area (Å²) >= 11 is 0. The van der Waals surface area contributed by atoms with Crippen LogP contribution in [0.15, 0.2) is 35.4 Å². The number of benzene rings is 1. The molecule has 0 unspecified atom stereocenters. The first-order valence-corrected chi connectivity index (χ1v) is 7.46. The fraction of sp³-hybridized carbons (Fsp3) is 0.250. The van der Waals surface area contributed by atoms with Crippen LogP contribution in [0.3, 0.4) is 0 Å². The zero-order valence-electron chi connectivity index (χ0n) is 10.7. The van der Waals surface area contributed by atoms with E-state index < -0.39 is 15.8 Å². The van der Waals surface area contributed by atoms with Crippen LogP contribution in [0.2, 0.25) is 0 Å². The van der Waals surface area contributed by atoms with Gasteiger partial charge in [-0.05, 0) is 19.1 Å². The highest BCUT2D eigenvalue weighted by Gasteiger charge is 2.15. The lowest BCUT2D eigenvalue weighted by molar-refractivity contribution is 0.0690. The standard InChI is InChI=1S/C12H13N3O4S/c1-9-2-4-10(5-3-9)20(18,19)7-6-15-8-11(12(16)17)13-14-15/h2-5,8H,6-7H2,1H3,(H,16,17). The number of aryl methyl sites for hydroxylation is 2.